The standard InChI is InChI=1S/C13H15IN2O2/c1-3-13(2)11(17)15-12(18)16(13)8-9-4-6-10(14)7-5-9/h4-7H,3,8H2,1-2H3,(H,15,17,18). The summed E-state index contributed by atoms with van der Waals surface area (Å²) in [5.74, 6) is -0.208. The van der Waals surface area contributed by atoms with Gasteiger partial charge in [-0.25, -0.2) is 4.79 Å². The lowest BCUT2D eigenvalue weighted by Gasteiger charge is -2.30. The second-order valence-electron chi connectivity index (χ2n) is 4.60. The molecule has 1 aliphatic rings. The van der Waals surface area contributed by atoms with E-state index in [0.29, 0.717) is 13.0 Å². The fourth-order valence-electron chi connectivity index (χ4n) is 2.02. The van der Waals surface area contributed by atoms with Gasteiger partial charge in [0, 0.05) is 10.1 Å². The highest BCUT2D eigenvalue weighted by Crippen LogP contribution is 2.27. The van der Waals surface area contributed by atoms with Crippen molar-refractivity contribution in [2.45, 2.75) is 32.4 Å². The zero-order valence-corrected chi connectivity index (χ0v) is 12.5. The minimum Gasteiger partial charge on any atom is -0.306 e. The van der Waals surface area contributed by atoms with Gasteiger partial charge in [0.15, 0.2) is 0 Å². The number of nitrogens with one attached hydrogen (secondary N) is 1. The Kier molecular flexibility index (Phi) is 3.61. The third-order valence-corrected chi connectivity index (χ3v) is 4.21. The third kappa shape index (κ3) is 2.23. The first kappa shape index (κ1) is 13.3. The Morgan fingerprint density at radius 3 is 2.44 bits per heavy atom. The van der Waals surface area contributed by atoms with Gasteiger partial charge in [0.2, 0.25) is 0 Å². The van der Waals surface area contributed by atoms with Crippen LogP contribution in [0.4, 0.5) is 4.79 Å². The summed E-state index contributed by atoms with van der Waals surface area (Å²) in [4.78, 5) is 25.2. The normalized spacial score (nSPS) is 23.4. The van der Waals surface area contributed by atoms with E-state index in [4.69, 9.17) is 0 Å². The van der Waals surface area contributed by atoms with Crippen molar-refractivity contribution in [1.82, 2.24) is 10.2 Å². The molecule has 0 bridgehead atoms. The molecule has 0 spiro atoms. The molecule has 1 atom stereocenters. The molecule has 1 saturated heterocycles. The van der Waals surface area contributed by atoms with Gasteiger partial charge in [0.25, 0.3) is 5.91 Å². The Morgan fingerprint density at radius 1 is 1.28 bits per heavy atom. The summed E-state index contributed by atoms with van der Waals surface area (Å²) in [6, 6.07) is 7.65. The van der Waals surface area contributed by atoms with E-state index in [2.05, 4.69) is 27.9 Å². The van der Waals surface area contributed by atoms with Crippen LogP contribution in [-0.4, -0.2) is 22.4 Å². The molecule has 0 aliphatic carbocycles. The molecule has 1 heterocycles. The zero-order valence-electron chi connectivity index (χ0n) is 10.4. The summed E-state index contributed by atoms with van der Waals surface area (Å²) in [5.41, 5.74) is 0.292. The average molecular weight is 358 g/mol. The number of imide groups is 1. The maximum absolute atomic E-state index is 11.8. The van der Waals surface area contributed by atoms with Crippen molar-refractivity contribution in [3.05, 3.63) is 33.4 Å². The van der Waals surface area contributed by atoms with Crippen molar-refractivity contribution in [3.8, 4) is 0 Å². The summed E-state index contributed by atoms with van der Waals surface area (Å²) in [6.07, 6.45) is 0.606. The Hall–Kier alpha value is -1.11. The summed E-state index contributed by atoms with van der Waals surface area (Å²) in [7, 11) is 0. The number of amides is 3. The molecule has 2 rings (SSSR count). The molecule has 1 aromatic carbocycles. The third-order valence-electron chi connectivity index (χ3n) is 3.49. The van der Waals surface area contributed by atoms with Crippen LogP contribution in [0.3, 0.4) is 0 Å². The topological polar surface area (TPSA) is 49.4 Å². The molecule has 5 heteroatoms. The van der Waals surface area contributed by atoms with Crippen molar-refractivity contribution in [2.75, 3.05) is 0 Å². The SMILES string of the molecule is CCC1(C)C(=O)NC(=O)N1Cc1ccc(I)cc1. The van der Waals surface area contributed by atoms with Crippen LogP contribution in [-0.2, 0) is 11.3 Å². The van der Waals surface area contributed by atoms with Crippen LogP contribution in [0.5, 0.6) is 0 Å². The number of hydrogen-bond acceptors (Lipinski definition) is 2. The molecule has 1 aliphatic heterocycles. The van der Waals surface area contributed by atoms with Crippen molar-refractivity contribution in [2.24, 2.45) is 0 Å². The first-order chi connectivity index (χ1) is 8.47. The van der Waals surface area contributed by atoms with Crippen LogP contribution in [0.2, 0.25) is 0 Å². The first-order valence-corrected chi connectivity index (χ1v) is 6.93. The van der Waals surface area contributed by atoms with Crippen molar-refractivity contribution in [1.29, 1.82) is 0 Å². The second-order valence-corrected chi connectivity index (χ2v) is 5.84. The number of carbonyl (C=O) groups excluding carboxylic acids is 2. The second kappa shape index (κ2) is 4.87. The van der Waals surface area contributed by atoms with Gasteiger partial charge in [-0.2, -0.15) is 0 Å². The number of hydrogen-bond donors (Lipinski definition) is 1. The Labute approximate surface area is 120 Å². The minimum absolute atomic E-state index is 0.208. The van der Waals surface area contributed by atoms with Crippen LogP contribution in [0.15, 0.2) is 24.3 Å². The van der Waals surface area contributed by atoms with E-state index in [1.807, 2.05) is 31.2 Å². The van der Waals surface area contributed by atoms with Crippen molar-refractivity contribution >= 4 is 34.5 Å². The van der Waals surface area contributed by atoms with Crippen molar-refractivity contribution in [3.63, 3.8) is 0 Å². The van der Waals surface area contributed by atoms with Gasteiger partial charge < -0.3 is 4.90 Å². The van der Waals surface area contributed by atoms with E-state index in [9.17, 15) is 9.59 Å². The number of carbonyl (C=O) groups is 2. The Bertz CT molecular complexity index is 486. The van der Waals surface area contributed by atoms with E-state index >= 15 is 0 Å². The molecule has 0 radical (unpaired) electrons. The Balaban J connectivity index is 2.24. The molecule has 96 valence electrons. The largest absolute Gasteiger partial charge is 0.325 e. The quantitative estimate of drug-likeness (QED) is 0.667. The molecule has 18 heavy (non-hydrogen) atoms. The van der Waals surface area contributed by atoms with E-state index in [0.717, 1.165) is 9.13 Å². The fraction of sp³-hybridized carbons (Fsp3) is 0.385. The number of rotatable bonds is 3. The van der Waals surface area contributed by atoms with Gasteiger partial charge in [-0.05, 0) is 53.6 Å². The van der Waals surface area contributed by atoms with Gasteiger partial charge in [-0.1, -0.05) is 19.1 Å². The lowest BCUT2D eigenvalue weighted by atomic mass is 9.97. The van der Waals surface area contributed by atoms with E-state index in [-0.39, 0.29) is 11.9 Å². The van der Waals surface area contributed by atoms with Crippen LogP contribution < -0.4 is 5.32 Å². The first-order valence-electron chi connectivity index (χ1n) is 5.85. The summed E-state index contributed by atoms with van der Waals surface area (Å²) in [5, 5.41) is 2.39. The molecule has 0 saturated carbocycles. The predicted molar refractivity (Wildman–Crippen MR) is 76.9 cm³/mol. The molecule has 4 nitrogen and oxygen atoms in total. The maximum Gasteiger partial charge on any atom is 0.325 e. The highest BCUT2D eigenvalue weighted by atomic mass is 127. The maximum atomic E-state index is 11.8. The highest BCUT2D eigenvalue weighted by Gasteiger charge is 2.47. The summed E-state index contributed by atoms with van der Waals surface area (Å²) in [6.45, 7) is 4.18. The smallest absolute Gasteiger partial charge is 0.306 e. The van der Waals surface area contributed by atoms with Gasteiger partial charge in [-0.15, -0.1) is 0 Å². The lowest BCUT2D eigenvalue weighted by molar-refractivity contribution is -0.126. The molecule has 0 aromatic heterocycles. The molecule has 1 aromatic rings. The number of nitrogens with zero attached hydrogens (tertiary/aromatic N) is 1. The zero-order chi connectivity index (χ0) is 13.3. The summed E-state index contributed by atoms with van der Waals surface area (Å²) < 4.78 is 1.15. The number of urea groups is 1. The van der Waals surface area contributed by atoms with Crippen LogP contribution >= 0.6 is 22.6 Å². The number of benzene rings is 1. The van der Waals surface area contributed by atoms with Crippen LogP contribution in [0, 0.1) is 3.57 Å². The van der Waals surface area contributed by atoms with E-state index in [1.165, 1.54) is 0 Å². The van der Waals surface area contributed by atoms with E-state index < -0.39 is 5.54 Å². The molecule has 1 N–H and O–H groups in total. The monoisotopic (exact) mass is 358 g/mol. The van der Waals surface area contributed by atoms with Crippen LogP contribution in [0.1, 0.15) is 25.8 Å². The summed E-state index contributed by atoms with van der Waals surface area (Å²) >= 11 is 2.24. The van der Waals surface area contributed by atoms with Gasteiger partial charge >= 0.3 is 6.03 Å². The van der Waals surface area contributed by atoms with Crippen LogP contribution in [0.25, 0.3) is 0 Å². The average Bonchev–Trinajstić information content (AvgIpc) is 2.56. The molecule has 1 fully saturated rings. The minimum atomic E-state index is -0.736. The van der Waals surface area contributed by atoms with Gasteiger partial charge in [0.05, 0.1) is 0 Å². The predicted octanol–water partition coefficient (Wildman–Crippen LogP) is 2.51. The lowest BCUT2D eigenvalue weighted by Crippen LogP contribution is -2.45. The molecular formula is C13H15IN2O2. The highest BCUT2D eigenvalue weighted by molar-refractivity contribution is 14.1. The molecular weight excluding hydrogens is 343 g/mol. The molecule has 1 unspecified atom stereocenters. The van der Waals surface area contributed by atoms with E-state index in [1.54, 1.807) is 11.8 Å². The fourth-order valence-corrected chi connectivity index (χ4v) is 2.38. The van der Waals surface area contributed by atoms with Gasteiger partial charge in [-0.3, -0.25) is 10.1 Å². The Morgan fingerprint density at radius 2 is 1.89 bits per heavy atom. The van der Waals surface area contributed by atoms with Crippen molar-refractivity contribution < 1.29 is 9.59 Å². The molecule has 3 amide bonds. The number of halogens is 1. The van der Waals surface area contributed by atoms with Gasteiger partial charge in [0.1, 0.15) is 5.54 Å².